The van der Waals surface area contributed by atoms with Gasteiger partial charge in [-0.15, -0.1) is 0 Å². The summed E-state index contributed by atoms with van der Waals surface area (Å²) in [4.78, 5) is 21.9. The highest BCUT2D eigenvalue weighted by molar-refractivity contribution is 7.90. The third kappa shape index (κ3) is 5.12. The molecule has 1 N–H and O–H groups in total. The molecule has 1 amide bonds. The van der Waals surface area contributed by atoms with Gasteiger partial charge in [-0.05, 0) is 72.7 Å². The molecule has 3 heterocycles. The topological polar surface area (TPSA) is 107 Å². The Labute approximate surface area is 222 Å². The van der Waals surface area contributed by atoms with E-state index in [0.29, 0.717) is 18.7 Å². The minimum absolute atomic E-state index is 0.0118. The number of sulfonamides is 1. The Balaban J connectivity index is 1.45. The van der Waals surface area contributed by atoms with Crippen LogP contribution in [-0.2, 0) is 20.2 Å². The molecule has 5 rings (SSSR count). The van der Waals surface area contributed by atoms with Crippen LogP contribution in [0.4, 0.5) is 0 Å². The van der Waals surface area contributed by atoms with Crippen molar-refractivity contribution in [1.29, 1.82) is 0 Å². The lowest BCUT2D eigenvalue weighted by Gasteiger charge is -2.29. The van der Waals surface area contributed by atoms with Gasteiger partial charge in [0.15, 0.2) is 0 Å². The molecule has 0 bridgehead atoms. The quantitative estimate of drug-likeness (QED) is 0.378. The van der Waals surface area contributed by atoms with Gasteiger partial charge < -0.3 is 9.47 Å². The molecule has 0 radical (unpaired) electrons. The number of nitrogens with one attached hydrogen (secondary N) is 1. The van der Waals surface area contributed by atoms with Crippen LogP contribution in [0.2, 0.25) is 0 Å². The predicted octanol–water partition coefficient (Wildman–Crippen LogP) is 4.88. The van der Waals surface area contributed by atoms with Crippen molar-refractivity contribution in [2.45, 2.75) is 36.5 Å². The van der Waals surface area contributed by atoms with Gasteiger partial charge >= 0.3 is 0 Å². The van der Waals surface area contributed by atoms with Crippen LogP contribution in [0.1, 0.15) is 42.2 Å². The second-order valence-electron chi connectivity index (χ2n) is 9.61. The molecule has 1 aliphatic rings. The van der Waals surface area contributed by atoms with Crippen LogP contribution in [0, 0.1) is 0 Å². The summed E-state index contributed by atoms with van der Waals surface area (Å²) >= 11 is 0. The summed E-state index contributed by atoms with van der Waals surface area (Å²) in [5.74, 6) is -0.661. The van der Waals surface area contributed by atoms with Crippen molar-refractivity contribution in [3.8, 4) is 17.0 Å². The number of methoxy groups -OCH3 is 1. The summed E-state index contributed by atoms with van der Waals surface area (Å²) in [6.07, 6.45) is 4.23. The highest BCUT2D eigenvalue weighted by Gasteiger charge is 2.31. The van der Waals surface area contributed by atoms with Crippen LogP contribution >= 0.6 is 0 Å². The monoisotopic (exact) mass is 531 g/mol. The first kappa shape index (κ1) is 25.8. The van der Waals surface area contributed by atoms with E-state index in [9.17, 15) is 13.2 Å². The van der Waals surface area contributed by atoms with Crippen molar-refractivity contribution in [1.82, 2.24) is 14.7 Å². The van der Waals surface area contributed by atoms with Crippen LogP contribution in [0.5, 0.6) is 5.75 Å². The standard InChI is InChI=1S/C29H29N3O5S/c1-29(14-6-17-37-18-15-29)20-10-13-26(36-2)27(19-20)38(34,35)32-28(33)25-12-11-22-21(7-5-9-24(22)31-25)23-8-3-4-16-30-23/h3-5,7-13,16,19H,6,14-15,17-18H2,1-2H3,(H,32,33). The summed E-state index contributed by atoms with van der Waals surface area (Å²) in [5, 5.41) is 0.806. The summed E-state index contributed by atoms with van der Waals surface area (Å²) in [5.41, 5.74) is 2.81. The second kappa shape index (κ2) is 10.5. The molecule has 2 aromatic heterocycles. The molecule has 1 saturated heterocycles. The van der Waals surface area contributed by atoms with Crippen molar-refractivity contribution in [3.63, 3.8) is 0 Å². The lowest BCUT2D eigenvalue weighted by molar-refractivity contribution is 0.0977. The Bertz CT molecular complexity index is 1580. The molecule has 1 unspecified atom stereocenters. The lowest BCUT2D eigenvalue weighted by Crippen LogP contribution is -2.32. The maximum atomic E-state index is 13.4. The maximum Gasteiger partial charge on any atom is 0.283 e. The number of pyridine rings is 2. The minimum atomic E-state index is -4.26. The van der Waals surface area contributed by atoms with E-state index in [1.807, 2.05) is 36.4 Å². The fraction of sp³-hybridized carbons (Fsp3) is 0.276. The molecule has 1 atom stereocenters. The first-order valence-corrected chi connectivity index (χ1v) is 13.9. The fourth-order valence-electron chi connectivity index (χ4n) is 4.90. The second-order valence-corrected chi connectivity index (χ2v) is 11.3. The summed E-state index contributed by atoms with van der Waals surface area (Å²) < 4.78 is 40.0. The number of rotatable bonds is 6. The van der Waals surface area contributed by atoms with Crippen molar-refractivity contribution in [2.75, 3.05) is 20.3 Å². The largest absolute Gasteiger partial charge is 0.495 e. The zero-order valence-electron chi connectivity index (χ0n) is 21.3. The SMILES string of the molecule is COc1ccc(C2(C)CCCOCC2)cc1S(=O)(=O)NC(=O)c1ccc2c(-c3ccccn3)cccc2n1. The summed E-state index contributed by atoms with van der Waals surface area (Å²) in [6, 6.07) is 19.6. The van der Waals surface area contributed by atoms with E-state index < -0.39 is 15.9 Å². The average molecular weight is 532 g/mol. The van der Waals surface area contributed by atoms with E-state index in [1.165, 1.54) is 13.2 Å². The molecule has 9 heteroatoms. The van der Waals surface area contributed by atoms with Crippen LogP contribution < -0.4 is 9.46 Å². The van der Waals surface area contributed by atoms with E-state index >= 15 is 0 Å². The Morgan fingerprint density at radius 2 is 1.89 bits per heavy atom. The van der Waals surface area contributed by atoms with Gasteiger partial charge in [0.1, 0.15) is 16.3 Å². The van der Waals surface area contributed by atoms with Crippen molar-refractivity contribution in [2.24, 2.45) is 0 Å². The number of nitrogens with zero attached hydrogens (tertiary/aromatic N) is 2. The molecule has 4 aromatic rings. The summed E-state index contributed by atoms with van der Waals surface area (Å²) in [7, 11) is -2.85. The van der Waals surface area contributed by atoms with Gasteiger partial charge in [0.05, 0.1) is 18.3 Å². The third-order valence-electron chi connectivity index (χ3n) is 7.10. The fourth-order valence-corrected chi connectivity index (χ4v) is 6.05. The van der Waals surface area contributed by atoms with Gasteiger partial charge in [-0.1, -0.05) is 31.2 Å². The van der Waals surface area contributed by atoms with Gasteiger partial charge in [-0.25, -0.2) is 18.1 Å². The van der Waals surface area contributed by atoms with E-state index in [1.54, 1.807) is 30.5 Å². The van der Waals surface area contributed by atoms with Crippen molar-refractivity contribution >= 4 is 26.8 Å². The number of ether oxygens (including phenoxy) is 2. The zero-order valence-corrected chi connectivity index (χ0v) is 22.1. The Hall–Kier alpha value is -3.82. The number of carbonyl (C=O) groups is 1. The molecule has 0 aliphatic carbocycles. The van der Waals surface area contributed by atoms with Gasteiger partial charge in [-0.2, -0.15) is 0 Å². The molecule has 38 heavy (non-hydrogen) atoms. The Morgan fingerprint density at radius 3 is 2.68 bits per heavy atom. The van der Waals surface area contributed by atoms with Gasteiger partial charge in [0.25, 0.3) is 15.9 Å². The first-order valence-electron chi connectivity index (χ1n) is 12.5. The highest BCUT2D eigenvalue weighted by atomic mass is 32.2. The molecule has 2 aromatic carbocycles. The third-order valence-corrected chi connectivity index (χ3v) is 8.45. The van der Waals surface area contributed by atoms with Crippen LogP contribution in [0.3, 0.4) is 0 Å². The maximum absolute atomic E-state index is 13.4. The van der Waals surface area contributed by atoms with Crippen molar-refractivity contribution < 1.29 is 22.7 Å². The molecular formula is C29H29N3O5S. The number of fused-ring (bicyclic) bond motifs is 1. The number of aromatic nitrogens is 2. The molecular weight excluding hydrogens is 502 g/mol. The zero-order chi connectivity index (χ0) is 26.8. The number of hydrogen-bond acceptors (Lipinski definition) is 7. The van der Waals surface area contributed by atoms with Crippen LogP contribution in [-0.4, -0.2) is 44.6 Å². The Kier molecular flexibility index (Phi) is 7.14. The van der Waals surface area contributed by atoms with E-state index in [4.69, 9.17) is 9.47 Å². The first-order chi connectivity index (χ1) is 18.3. The number of benzene rings is 2. The molecule has 0 saturated carbocycles. The molecule has 1 aliphatic heterocycles. The number of amides is 1. The summed E-state index contributed by atoms with van der Waals surface area (Å²) in [6.45, 7) is 3.41. The van der Waals surface area contributed by atoms with Crippen LogP contribution in [0.15, 0.2) is 77.8 Å². The van der Waals surface area contributed by atoms with E-state index in [-0.39, 0.29) is 21.8 Å². The highest BCUT2D eigenvalue weighted by Crippen LogP contribution is 2.38. The minimum Gasteiger partial charge on any atom is -0.495 e. The normalized spacial score (nSPS) is 18.1. The van der Waals surface area contributed by atoms with Crippen molar-refractivity contribution in [3.05, 3.63) is 84.2 Å². The molecule has 196 valence electrons. The van der Waals surface area contributed by atoms with E-state index in [0.717, 1.165) is 41.5 Å². The number of hydrogen-bond donors (Lipinski definition) is 1. The lowest BCUT2D eigenvalue weighted by atomic mass is 9.76. The number of carbonyl (C=O) groups excluding carboxylic acids is 1. The van der Waals surface area contributed by atoms with Gasteiger partial charge in [0, 0.05) is 30.4 Å². The predicted molar refractivity (Wildman–Crippen MR) is 145 cm³/mol. The smallest absolute Gasteiger partial charge is 0.283 e. The average Bonchev–Trinajstić information content (AvgIpc) is 3.17. The molecule has 0 spiro atoms. The van der Waals surface area contributed by atoms with Gasteiger partial charge in [-0.3, -0.25) is 9.78 Å². The van der Waals surface area contributed by atoms with E-state index in [2.05, 4.69) is 21.6 Å². The molecule has 8 nitrogen and oxygen atoms in total. The Morgan fingerprint density at radius 1 is 1.03 bits per heavy atom. The molecule has 1 fully saturated rings. The van der Waals surface area contributed by atoms with Gasteiger partial charge in [0.2, 0.25) is 0 Å². The van der Waals surface area contributed by atoms with Crippen LogP contribution in [0.25, 0.3) is 22.2 Å².